The highest BCUT2D eigenvalue weighted by molar-refractivity contribution is 8.00. The summed E-state index contributed by atoms with van der Waals surface area (Å²) < 4.78 is 0. The van der Waals surface area contributed by atoms with Crippen LogP contribution in [0.4, 0.5) is 22.7 Å². The van der Waals surface area contributed by atoms with Crippen molar-refractivity contribution in [1.29, 1.82) is 0 Å². The van der Waals surface area contributed by atoms with E-state index in [-0.39, 0.29) is 34.5 Å². The minimum absolute atomic E-state index is 0.0841. The summed E-state index contributed by atoms with van der Waals surface area (Å²) in [5.41, 5.74) is 1.58. The first-order valence-corrected chi connectivity index (χ1v) is 14.2. The zero-order valence-electron chi connectivity index (χ0n) is 23.4. The van der Waals surface area contributed by atoms with Crippen LogP contribution in [-0.4, -0.2) is 34.3 Å². The fourth-order valence-corrected chi connectivity index (χ4v) is 4.68. The highest BCUT2D eigenvalue weighted by Gasteiger charge is 2.18. The van der Waals surface area contributed by atoms with Gasteiger partial charge >= 0.3 is 0 Å². The molecule has 4 N–H and O–H groups in total. The number of benzene rings is 4. The highest BCUT2D eigenvalue weighted by Crippen LogP contribution is 2.24. The molecule has 0 aromatic heterocycles. The maximum Gasteiger partial charge on any atom is 0.276 e. The summed E-state index contributed by atoms with van der Waals surface area (Å²) in [6.07, 6.45) is 1.25. The standard InChI is InChI=1S/C32H27N5O6S/c1-21(38)33-24-14-16-25(17-15-24)34-30(39)20-44-27-12-7-11-26(19-27)35-32(41)28(36-31(40)22-8-3-2-4-9-22)18-23-10-5-6-13-29(23)37(42)43/h2-19H,20H2,1H3,(H,33,38)(H,34,39)(H,35,41)(H,36,40)/b28-18+. The smallest absolute Gasteiger partial charge is 0.276 e. The van der Waals surface area contributed by atoms with Crippen LogP contribution in [0.1, 0.15) is 22.8 Å². The maximum absolute atomic E-state index is 13.4. The van der Waals surface area contributed by atoms with Crippen molar-refractivity contribution >= 4 is 64.2 Å². The Hall–Kier alpha value is -5.75. The van der Waals surface area contributed by atoms with Gasteiger partial charge in [0.2, 0.25) is 11.8 Å². The van der Waals surface area contributed by atoms with Gasteiger partial charge in [0.1, 0.15) is 5.70 Å². The minimum Gasteiger partial charge on any atom is -0.326 e. The Morgan fingerprint density at radius 3 is 2.11 bits per heavy atom. The van der Waals surface area contributed by atoms with Gasteiger partial charge in [-0.1, -0.05) is 36.4 Å². The average molecular weight is 610 g/mol. The molecule has 0 fully saturated rings. The van der Waals surface area contributed by atoms with E-state index in [4.69, 9.17) is 0 Å². The topological polar surface area (TPSA) is 160 Å². The van der Waals surface area contributed by atoms with Gasteiger partial charge in [0.25, 0.3) is 17.5 Å². The molecule has 0 saturated carbocycles. The predicted octanol–water partition coefficient (Wildman–Crippen LogP) is 5.69. The van der Waals surface area contributed by atoms with E-state index in [1.54, 1.807) is 84.9 Å². The predicted molar refractivity (Wildman–Crippen MR) is 170 cm³/mol. The Labute approximate surface area is 256 Å². The molecule has 0 unspecified atom stereocenters. The SMILES string of the molecule is CC(=O)Nc1ccc(NC(=O)CSc2cccc(NC(=O)/C(=C\c3ccccc3[N+](=O)[O-])NC(=O)c3ccccc3)c2)cc1. The number of rotatable bonds is 11. The molecule has 4 aromatic carbocycles. The number of thioether (sulfide) groups is 1. The summed E-state index contributed by atoms with van der Waals surface area (Å²) in [4.78, 5) is 61.6. The molecule has 0 heterocycles. The summed E-state index contributed by atoms with van der Waals surface area (Å²) in [5.74, 6) is -1.63. The molecule has 0 bridgehead atoms. The van der Waals surface area contributed by atoms with Gasteiger partial charge in [-0.25, -0.2) is 0 Å². The lowest BCUT2D eigenvalue weighted by Crippen LogP contribution is -2.30. The first kappa shape index (κ1) is 31.2. The molecular formula is C32H27N5O6S. The molecule has 0 aliphatic rings. The molecule has 4 aromatic rings. The van der Waals surface area contributed by atoms with Crippen molar-refractivity contribution in [1.82, 2.24) is 5.32 Å². The minimum atomic E-state index is -0.699. The Kier molecular flexibility index (Phi) is 10.6. The number of hydrogen-bond donors (Lipinski definition) is 4. The fraction of sp³-hybridized carbons (Fsp3) is 0.0625. The quantitative estimate of drug-likeness (QED) is 0.0735. The van der Waals surface area contributed by atoms with E-state index in [0.717, 1.165) is 0 Å². The molecular weight excluding hydrogens is 582 g/mol. The number of carbonyl (C=O) groups is 4. The van der Waals surface area contributed by atoms with Crippen molar-refractivity contribution in [2.75, 3.05) is 21.7 Å². The summed E-state index contributed by atoms with van der Waals surface area (Å²) in [6.45, 7) is 1.41. The van der Waals surface area contributed by atoms with Crippen LogP contribution >= 0.6 is 11.8 Å². The van der Waals surface area contributed by atoms with Crippen LogP contribution in [0, 0.1) is 10.1 Å². The number of carbonyl (C=O) groups excluding carboxylic acids is 4. The first-order valence-electron chi connectivity index (χ1n) is 13.2. The zero-order valence-corrected chi connectivity index (χ0v) is 24.2. The van der Waals surface area contributed by atoms with E-state index in [1.165, 1.54) is 43.0 Å². The van der Waals surface area contributed by atoms with Crippen molar-refractivity contribution in [2.24, 2.45) is 0 Å². The second-order valence-corrected chi connectivity index (χ2v) is 10.3. The molecule has 0 atom stereocenters. The largest absolute Gasteiger partial charge is 0.326 e. The molecule has 4 amide bonds. The van der Waals surface area contributed by atoms with Crippen LogP contribution in [0.2, 0.25) is 0 Å². The van der Waals surface area contributed by atoms with Gasteiger partial charge in [-0.05, 0) is 66.7 Å². The van der Waals surface area contributed by atoms with E-state index >= 15 is 0 Å². The van der Waals surface area contributed by atoms with E-state index in [9.17, 15) is 29.3 Å². The molecule has 0 saturated heterocycles. The van der Waals surface area contributed by atoms with E-state index < -0.39 is 16.7 Å². The van der Waals surface area contributed by atoms with Gasteiger partial charge in [0.05, 0.1) is 16.2 Å². The van der Waals surface area contributed by atoms with Crippen molar-refractivity contribution in [3.05, 3.63) is 130 Å². The second-order valence-electron chi connectivity index (χ2n) is 9.27. The number of para-hydroxylation sites is 1. The van der Waals surface area contributed by atoms with E-state index in [2.05, 4.69) is 21.3 Å². The number of nitrogens with one attached hydrogen (secondary N) is 4. The lowest BCUT2D eigenvalue weighted by molar-refractivity contribution is -0.385. The molecule has 0 spiro atoms. The molecule has 0 aliphatic heterocycles. The summed E-state index contributed by atoms with van der Waals surface area (Å²) in [7, 11) is 0. The molecule has 11 nitrogen and oxygen atoms in total. The number of anilines is 3. The summed E-state index contributed by atoms with van der Waals surface area (Å²) in [6, 6.07) is 27.6. The number of amides is 4. The van der Waals surface area contributed by atoms with Crippen molar-refractivity contribution in [3.63, 3.8) is 0 Å². The van der Waals surface area contributed by atoms with Crippen LogP contribution in [0.15, 0.2) is 114 Å². The van der Waals surface area contributed by atoms with Crippen LogP contribution < -0.4 is 21.3 Å². The molecule has 12 heteroatoms. The Balaban J connectivity index is 1.45. The van der Waals surface area contributed by atoms with Gasteiger partial charge in [-0.3, -0.25) is 29.3 Å². The molecule has 0 aliphatic carbocycles. The Bertz CT molecular complexity index is 1720. The lowest BCUT2D eigenvalue weighted by Gasteiger charge is -2.12. The van der Waals surface area contributed by atoms with E-state index in [1.807, 2.05) is 0 Å². The third kappa shape index (κ3) is 9.13. The zero-order chi connectivity index (χ0) is 31.5. The first-order chi connectivity index (χ1) is 21.2. The van der Waals surface area contributed by atoms with Crippen LogP contribution in [0.25, 0.3) is 6.08 Å². The van der Waals surface area contributed by atoms with Gasteiger partial charge in [0.15, 0.2) is 0 Å². The number of nitrogens with zero attached hydrogens (tertiary/aromatic N) is 1. The fourth-order valence-electron chi connectivity index (χ4n) is 3.92. The third-order valence-electron chi connectivity index (χ3n) is 5.91. The highest BCUT2D eigenvalue weighted by atomic mass is 32.2. The van der Waals surface area contributed by atoms with Gasteiger partial charge < -0.3 is 21.3 Å². The van der Waals surface area contributed by atoms with Gasteiger partial charge in [0, 0.05) is 40.5 Å². The average Bonchev–Trinajstić information content (AvgIpc) is 3.01. The van der Waals surface area contributed by atoms with Crippen molar-refractivity contribution < 1.29 is 24.1 Å². The maximum atomic E-state index is 13.4. The lowest BCUT2D eigenvalue weighted by atomic mass is 10.1. The van der Waals surface area contributed by atoms with E-state index in [0.29, 0.717) is 27.5 Å². The van der Waals surface area contributed by atoms with Crippen LogP contribution in [0.3, 0.4) is 0 Å². The van der Waals surface area contributed by atoms with Crippen LogP contribution in [0.5, 0.6) is 0 Å². The number of nitro benzene ring substituents is 1. The second kappa shape index (κ2) is 14.9. The van der Waals surface area contributed by atoms with Gasteiger partial charge in [-0.15, -0.1) is 11.8 Å². The summed E-state index contributed by atoms with van der Waals surface area (Å²) in [5, 5.41) is 22.3. The van der Waals surface area contributed by atoms with Gasteiger partial charge in [-0.2, -0.15) is 0 Å². The third-order valence-corrected chi connectivity index (χ3v) is 6.91. The molecule has 44 heavy (non-hydrogen) atoms. The van der Waals surface area contributed by atoms with Crippen LogP contribution in [-0.2, 0) is 14.4 Å². The molecule has 0 radical (unpaired) electrons. The van der Waals surface area contributed by atoms with Crippen molar-refractivity contribution in [2.45, 2.75) is 11.8 Å². The van der Waals surface area contributed by atoms with Crippen molar-refractivity contribution in [3.8, 4) is 0 Å². The Morgan fingerprint density at radius 2 is 1.43 bits per heavy atom. The molecule has 222 valence electrons. The number of hydrogen-bond acceptors (Lipinski definition) is 7. The normalized spacial score (nSPS) is 10.8. The monoisotopic (exact) mass is 609 g/mol. The molecule has 4 rings (SSSR count). The Morgan fingerprint density at radius 1 is 0.773 bits per heavy atom. The number of nitro groups is 1. The summed E-state index contributed by atoms with van der Waals surface area (Å²) >= 11 is 1.25.